The zero-order chi connectivity index (χ0) is 19.3. The molecular weight excluding hydrogens is 346 g/mol. The smallest absolute Gasteiger partial charge is 0.255 e. The van der Waals surface area contributed by atoms with Crippen LogP contribution in [0.4, 0.5) is 11.4 Å². The molecule has 0 spiro atoms. The predicted molar refractivity (Wildman–Crippen MR) is 109 cm³/mol. The Morgan fingerprint density at radius 2 is 1.50 bits per heavy atom. The lowest BCUT2D eigenvalue weighted by Crippen LogP contribution is -2.41. The minimum absolute atomic E-state index is 0.156. The van der Waals surface area contributed by atoms with Gasteiger partial charge in [-0.25, -0.2) is 0 Å². The average molecular weight is 369 g/mol. The molecule has 2 aromatic rings. The van der Waals surface area contributed by atoms with E-state index >= 15 is 0 Å². The average Bonchev–Trinajstić information content (AvgIpc) is 2.55. The van der Waals surface area contributed by atoms with Gasteiger partial charge in [-0.15, -0.1) is 0 Å². The first-order valence-corrected chi connectivity index (χ1v) is 8.66. The summed E-state index contributed by atoms with van der Waals surface area (Å²) >= 11 is 5.15. The van der Waals surface area contributed by atoms with Crippen molar-refractivity contribution >= 4 is 40.5 Å². The van der Waals surface area contributed by atoms with E-state index in [0.29, 0.717) is 11.3 Å². The Morgan fingerprint density at radius 1 is 0.923 bits per heavy atom. The fraction of sp³-hybridized carbons (Fsp3) is 0.250. The van der Waals surface area contributed by atoms with Crippen molar-refractivity contribution in [2.45, 2.75) is 27.7 Å². The quantitative estimate of drug-likeness (QED) is 0.712. The van der Waals surface area contributed by atoms with Crippen LogP contribution < -0.4 is 16.0 Å². The molecule has 0 saturated carbocycles. The molecule has 0 radical (unpaired) electrons. The Bertz CT molecular complexity index is 824. The van der Waals surface area contributed by atoms with Crippen molar-refractivity contribution in [1.29, 1.82) is 0 Å². The van der Waals surface area contributed by atoms with E-state index in [1.165, 1.54) is 0 Å². The van der Waals surface area contributed by atoms with Gasteiger partial charge < -0.3 is 16.0 Å². The number of amides is 2. The first-order chi connectivity index (χ1) is 12.1. The number of aryl methyl sites for hydroxylation is 1. The van der Waals surface area contributed by atoms with Gasteiger partial charge in [0.25, 0.3) is 5.91 Å². The Kier molecular flexibility index (Phi) is 6.10. The summed E-state index contributed by atoms with van der Waals surface area (Å²) < 4.78 is 0. The maximum Gasteiger partial charge on any atom is 0.255 e. The van der Waals surface area contributed by atoms with Gasteiger partial charge in [-0.3, -0.25) is 9.59 Å². The minimum Gasteiger partial charge on any atom is -0.332 e. The molecule has 0 saturated heterocycles. The van der Waals surface area contributed by atoms with Gasteiger partial charge in [-0.1, -0.05) is 38.5 Å². The topological polar surface area (TPSA) is 70.2 Å². The molecule has 136 valence electrons. The highest BCUT2D eigenvalue weighted by atomic mass is 32.1. The summed E-state index contributed by atoms with van der Waals surface area (Å²) in [5, 5.41) is 8.69. The van der Waals surface area contributed by atoms with Crippen LogP contribution in [0.5, 0.6) is 0 Å². The molecule has 0 fully saturated rings. The summed E-state index contributed by atoms with van der Waals surface area (Å²) in [5.41, 5.74) is 2.51. The molecule has 5 nitrogen and oxygen atoms in total. The number of hydrogen-bond donors (Lipinski definition) is 3. The summed E-state index contributed by atoms with van der Waals surface area (Å²) in [6.07, 6.45) is 0. The summed E-state index contributed by atoms with van der Waals surface area (Å²) in [6.45, 7) is 7.39. The van der Waals surface area contributed by atoms with Gasteiger partial charge in [0.2, 0.25) is 5.91 Å². The lowest BCUT2D eigenvalue weighted by Gasteiger charge is -2.18. The summed E-state index contributed by atoms with van der Waals surface area (Å²) in [5.74, 6) is -0.320. The third-order valence-electron chi connectivity index (χ3n) is 3.59. The normalized spacial score (nSPS) is 10.8. The number of rotatable bonds is 3. The second-order valence-electron chi connectivity index (χ2n) is 7.06. The highest BCUT2D eigenvalue weighted by Crippen LogP contribution is 2.16. The van der Waals surface area contributed by atoms with E-state index in [0.717, 1.165) is 11.3 Å². The van der Waals surface area contributed by atoms with Crippen LogP contribution in [0, 0.1) is 12.3 Å². The molecule has 3 N–H and O–H groups in total. The van der Waals surface area contributed by atoms with Crippen molar-refractivity contribution in [2.75, 3.05) is 10.6 Å². The van der Waals surface area contributed by atoms with Crippen LogP contribution >= 0.6 is 12.2 Å². The van der Waals surface area contributed by atoms with Gasteiger partial charge in [0, 0.05) is 22.4 Å². The first-order valence-electron chi connectivity index (χ1n) is 8.26. The van der Waals surface area contributed by atoms with Crippen LogP contribution in [0.3, 0.4) is 0 Å². The van der Waals surface area contributed by atoms with E-state index in [9.17, 15) is 9.59 Å². The van der Waals surface area contributed by atoms with Crippen LogP contribution in [0.2, 0.25) is 0 Å². The van der Waals surface area contributed by atoms with Crippen LogP contribution in [0.15, 0.2) is 48.5 Å². The lowest BCUT2D eigenvalue weighted by molar-refractivity contribution is -0.126. The molecule has 0 aliphatic heterocycles. The van der Waals surface area contributed by atoms with E-state index in [1.807, 2.05) is 45.9 Å². The summed E-state index contributed by atoms with van der Waals surface area (Å²) in [6, 6.07) is 14.5. The molecule has 0 unspecified atom stereocenters. The second-order valence-corrected chi connectivity index (χ2v) is 7.47. The second kappa shape index (κ2) is 8.10. The Hall–Kier alpha value is -2.73. The number of carbonyl (C=O) groups excluding carboxylic acids is 2. The molecule has 2 rings (SSSR count). The largest absolute Gasteiger partial charge is 0.332 e. The molecule has 0 aliphatic rings. The monoisotopic (exact) mass is 369 g/mol. The van der Waals surface area contributed by atoms with Gasteiger partial charge in [0.05, 0.1) is 0 Å². The highest BCUT2D eigenvalue weighted by molar-refractivity contribution is 7.80. The third-order valence-corrected chi connectivity index (χ3v) is 3.79. The summed E-state index contributed by atoms with van der Waals surface area (Å²) in [4.78, 5) is 24.2. The molecule has 6 heteroatoms. The predicted octanol–water partition coefficient (Wildman–Crippen LogP) is 4.11. The van der Waals surface area contributed by atoms with Crippen molar-refractivity contribution in [3.8, 4) is 0 Å². The van der Waals surface area contributed by atoms with Gasteiger partial charge in [0.15, 0.2) is 5.11 Å². The van der Waals surface area contributed by atoms with Crippen molar-refractivity contribution < 1.29 is 9.59 Å². The van der Waals surface area contributed by atoms with Gasteiger partial charge in [0.1, 0.15) is 0 Å². The zero-order valence-corrected chi connectivity index (χ0v) is 16.2. The van der Waals surface area contributed by atoms with Crippen molar-refractivity contribution in [1.82, 2.24) is 5.32 Å². The molecule has 0 aliphatic carbocycles. The lowest BCUT2D eigenvalue weighted by atomic mass is 9.96. The molecule has 2 aromatic carbocycles. The Balaban J connectivity index is 1.95. The zero-order valence-electron chi connectivity index (χ0n) is 15.3. The number of nitrogens with one attached hydrogen (secondary N) is 3. The van der Waals surface area contributed by atoms with E-state index in [2.05, 4.69) is 16.0 Å². The van der Waals surface area contributed by atoms with Crippen LogP contribution in [0.25, 0.3) is 0 Å². The standard InChI is InChI=1S/C20H23N3O2S/c1-13-6-5-7-14(12-13)17(24)21-15-8-10-16(11-9-15)22-19(26)23-18(25)20(2,3)4/h5-12H,1-4H3,(H,21,24)(H2,22,23,25,26). The molecule has 0 heterocycles. The Morgan fingerprint density at radius 3 is 2.04 bits per heavy atom. The minimum atomic E-state index is -0.518. The van der Waals surface area contributed by atoms with Crippen molar-refractivity contribution in [2.24, 2.45) is 5.41 Å². The van der Waals surface area contributed by atoms with Crippen LogP contribution in [-0.4, -0.2) is 16.9 Å². The first kappa shape index (κ1) is 19.6. The fourth-order valence-corrected chi connectivity index (χ4v) is 2.29. The molecule has 0 bridgehead atoms. The van der Waals surface area contributed by atoms with Gasteiger partial charge in [-0.05, 0) is 55.5 Å². The maximum atomic E-state index is 12.2. The number of benzene rings is 2. The highest BCUT2D eigenvalue weighted by Gasteiger charge is 2.21. The van der Waals surface area contributed by atoms with Crippen LogP contribution in [-0.2, 0) is 4.79 Å². The van der Waals surface area contributed by atoms with E-state index in [-0.39, 0.29) is 16.9 Å². The fourth-order valence-electron chi connectivity index (χ4n) is 2.08. The van der Waals surface area contributed by atoms with E-state index in [4.69, 9.17) is 12.2 Å². The molecule has 0 atom stereocenters. The third kappa shape index (κ3) is 5.67. The van der Waals surface area contributed by atoms with Gasteiger partial charge >= 0.3 is 0 Å². The van der Waals surface area contributed by atoms with Crippen molar-refractivity contribution in [3.05, 3.63) is 59.7 Å². The number of thiocarbonyl (C=S) groups is 1. The molecular formula is C20H23N3O2S. The maximum absolute atomic E-state index is 12.2. The SMILES string of the molecule is Cc1cccc(C(=O)Nc2ccc(NC(=S)NC(=O)C(C)(C)C)cc2)c1. The van der Waals surface area contributed by atoms with Crippen molar-refractivity contribution in [3.63, 3.8) is 0 Å². The summed E-state index contributed by atoms with van der Waals surface area (Å²) in [7, 11) is 0. The Labute approximate surface area is 159 Å². The number of anilines is 2. The molecule has 2 amide bonds. The van der Waals surface area contributed by atoms with Gasteiger partial charge in [-0.2, -0.15) is 0 Å². The van der Waals surface area contributed by atoms with Crippen LogP contribution in [0.1, 0.15) is 36.7 Å². The molecule has 26 heavy (non-hydrogen) atoms. The number of carbonyl (C=O) groups is 2. The number of hydrogen-bond acceptors (Lipinski definition) is 3. The molecule has 0 aromatic heterocycles. The van der Waals surface area contributed by atoms with E-state index in [1.54, 1.807) is 30.3 Å². The van der Waals surface area contributed by atoms with E-state index < -0.39 is 5.41 Å².